The van der Waals surface area contributed by atoms with Crippen LogP contribution in [0.15, 0.2) is 18.2 Å². The van der Waals surface area contributed by atoms with Gasteiger partial charge in [-0.25, -0.2) is 0 Å². The average Bonchev–Trinajstić information content (AvgIpc) is 3.07. The number of nitriles is 1. The molecule has 2 aromatic carbocycles. The molecular weight excluding hydrogens is 572 g/mol. The van der Waals surface area contributed by atoms with Crippen molar-refractivity contribution < 1.29 is 33.3 Å². The van der Waals surface area contributed by atoms with E-state index in [1.54, 1.807) is 35.5 Å². The predicted molar refractivity (Wildman–Crippen MR) is 176 cm³/mol. The van der Waals surface area contributed by atoms with E-state index in [1.165, 1.54) is 0 Å². The SMILES string of the molecule is CCCCCOc1c2c(c(OCCCCC)c(OC)c1OC)CN(OC)C(CCCC(C)(C#N)c1ccc(OC)c(OC)c1)C2. The second-order valence-electron chi connectivity index (χ2n) is 11.8. The first kappa shape index (κ1) is 36.1. The minimum absolute atomic E-state index is 0.0693. The van der Waals surface area contributed by atoms with Crippen molar-refractivity contribution in [2.45, 2.75) is 103 Å². The van der Waals surface area contributed by atoms with E-state index in [0.717, 1.165) is 73.8 Å². The first-order valence-electron chi connectivity index (χ1n) is 16.4. The number of ether oxygens (including phenoxy) is 6. The smallest absolute Gasteiger partial charge is 0.207 e. The number of benzene rings is 2. The van der Waals surface area contributed by atoms with Crippen molar-refractivity contribution in [1.82, 2.24) is 5.06 Å². The Morgan fingerprint density at radius 1 is 0.778 bits per heavy atom. The Labute approximate surface area is 270 Å². The van der Waals surface area contributed by atoms with E-state index >= 15 is 0 Å². The van der Waals surface area contributed by atoms with Crippen LogP contribution in [0.2, 0.25) is 0 Å². The van der Waals surface area contributed by atoms with Crippen LogP contribution in [0.3, 0.4) is 0 Å². The summed E-state index contributed by atoms with van der Waals surface area (Å²) in [4.78, 5) is 5.96. The molecule has 0 spiro atoms. The maximum atomic E-state index is 10.3. The zero-order chi connectivity index (χ0) is 32.8. The summed E-state index contributed by atoms with van der Waals surface area (Å²) in [5.74, 6) is 3.84. The Bertz CT molecular complexity index is 1260. The molecule has 9 nitrogen and oxygen atoms in total. The Balaban J connectivity index is 1.92. The summed E-state index contributed by atoms with van der Waals surface area (Å²) < 4.78 is 35.7. The fourth-order valence-electron chi connectivity index (χ4n) is 6.08. The van der Waals surface area contributed by atoms with Crippen LogP contribution in [-0.4, -0.2) is 59.9 Å². The molecule has 1 aliphatic rings. The zero-order valence-corrected chi connectivity index (χ0v) is 28.8. The van der Waals surface area contributed by atoms with Gasteiger partial charge in [0.25, 0.3) is 0 Å². The molecule has 2 aromatic rings. The van der Waals surface area contributed by atoms with Gasteiger partial charge in [-0.1, -0.05) is 45.6 Å². The molecule has 0 saturated heterocycles. The summed E-state index contributed by atoms with van der Waals surface area (Å²) in [5.41, 5.74) is 2.31. The third-order valence-corrected chi connectivity index (χ3v) is 8.81. The Morgan fingerprint density at radius 3 is 1.89 bits per heavy atom. The van der Waals surface area contributed by atoms with Crippen molar-refractivity contribution in [2.75, 3.05) is 48.8 Å². The largest absolute Gasteiger partial charge is 0.493 e. The molecule has 0 aliphatic carbocycles. The molecule has 1 aliphatic heterocycles. The molecule has 0 saturated carbocycles. The quantitative estimate of drug-likeness (QED) is 0.137. The molecule has 1 heterocycles. The van der Waals surface area contributed by atoms with Crippen LogP contribution < -0.4 is 28.4 Å². The summed E-state index contributed by atoms with van der Waals surface area (Å²) in [6, 6.07) is 8.35. The molecule has 0 aromatic heterocycles. The van der Waals surface area contributed by atoms with Gasteiger partial charge in [0, 0.05) is 17.2 Å². The topological polar surface area (TPSA) is 91.6 Å². The molecule has 9 heteroatoms. The maximum Gasteiger partial charge on any atom is 0.207 e. The number of hydrogen-bond donors (Lipinski definition) is 0. The molecule has 250 valence electrons. The molecule has 2 unspecified atom stereocenters. The van der Waals surface area contributed by atoms with Gasteiger partial charge in [-0.2, -0.15) is 10.3 Å². The number of rotatable bonds is 20. The maximum absolute atomic E-state index is 10.3. The molecular formula is C36H54N2O7. The molecule has 3 rings (SSSR count). The lowest BCUT2D eigenvalue weighted by Gasteiger charge is -2.37. The summed E-state index contributed by atoms with van der Waals surface area (Å²) in [6.07, 6.45) is 9.35. The van der Waals surface area contributed by atoms with Crippen molar-refractivity contribution >= 4 is 0 Å². The van der Waals surface area contributed by atoms with E-state index in [2.05, 4.69) is 19.9 Å². The van der Waals surface area contributed by atoms with Gasteiger partial charge in [-0.05, 0) is 63.1 Å². The van der Waals surface area contributed by atoms with Gasteiger partial charge in [-0.15, -0.1) is 0 Å². The average molecular weight is 627 g/mol. The minimum atomic E-state index is -0.687. The summed E-state index contributed by atoms with van der Waals surface area (Å²) in [7, 11) is 8.24. The highest BCUT2D eigenvalue weighted by molar-refractivity contribution is 5.68. The summed E-state index contributed by atoms with van der Waals surface area (Å²) in [6.45, 7) is 8.07. The lowest BCUT2D eigenvalue weighted by molar-refractivity contribution is -0.176. The number of nitrogens with zero attached hydrogens (tertiary/aromatic N) is 2. The number of unbranched alkanes of at least 4 members (excludes halogenated alkanes) is 4. The molecule has 0 radical (unpaired) electrons. The van der Waals surface area contributed by atoms with E-state index in [9.17, 15) is 5.26 Å². The highest BCUT2D eigenvalue weighted by Gasteiger charge is 2.37. The Hall–Kier alpha value is -3.35. The third kappa shape index (κ3) is 8.68. The van der Waals surface area contributed by atoms with Crippen LogP contribution >= 0.6 is 0 Å². The van der Waals surface area contributed by atoms with Gasteiger partial charge in [-0.3, -0.25) is 0 Å². The fourth-order valence-corrected chi connectivity index (χ4v) is 6.08. The Kier molecular flexibility index (Phi) is 14.4. The molecule has 0 N–H and O–H groups in total. The summed E-state index contributed by atoms with van der Waals surface area (Å²) >= 11 is 0. The van der Waals surface area contributed by atoms with Crippen LogP contribution in [0.5, 0.6) is 34.5 Å². The van der Waals surface area contributed by atoms with Gasteiger partial charge >= 0.3 is 0 Å². The van der Waals surface area contributed by atoms with Crippen LogP contribution in [0.25, 0.3) is 0 Å². The number of hydroxylamine groups is 2. The molecule has 45 heavy (non-hydrogen) atoms. The van der Waals surface area contributed by atoms with Crippen molar-refractivity contribution in [3.8, 4) is 40.6 Å². The second kappa shape index (κ2) is 18.0. The van der Waals surface area contributed by atoms with Gasteiger partial charge < -0.3 is 33.3 Å². The van der Waals surface area contributed by atoms with Crippen molar-refractivity contribution in [3.05, 3.63) is 34.9 Å². The third-order valence-electron chi connectivity index (χ3n) is 8.81. The first-order chi connectivity index (χ1) is 21.9. The number of methoxy groups -OCH3 is 4. The van der Waals surface area contributed by atoms with Gasteiger partial charge in [0.1, 0.15) is 0 Å². The van der Waals surface area contributed by atoms with Gasteiger partial charge in [0.05, 0.1) is 66.8 Å². The highest BCUT2D eigenvalue weighted by Crippen LogP contribution is 2.52. The van der Waals surface area contributed by atoms with E-state index in [-0.39, 0.29) is 6.04 Å². The van der Waals surface area contributed by atoms with Gasteiger partial charge in [0.15, 0.2) is 23.0 Å². The van der Waals surface area contributed by atoms with Gasteiger partial charge in [0.2, 0.25) is 11.5 Å². The Morgan fingerprint density at radius 2 is 1.38 bits per heavy atom. The van der Waals surface area contributed by atoms with E-state index in [4.69, 9.17) is 33.3 Å². The predicted octanol–water partition coefficient (Wildman–Crippen LogP) is 7.80. The lowest BCUT2D eigenvalue weighted by atomic mass is 9.78. The molecule has 0 amide bonds. The second-order valence-corrected chi connectivity index (χ2v) is 11.8. The normalized spacial score (nSPS) is 15.8. The standard InChI is InChI=1S/C36H54N2O7/c1-9-11-13-20-44-32-28-23-27(16-15-19-36(3,25-37)26-17-18-30(39-4)31(22-26)40-5)38(43-8)24-29(28)33(45-21-14-12-10-2)35(42-7)34(32)41-6/h17-18,22,27H,9-16,19-21,23-24H2,1-8H3. The summed E-state index contributed by atoms with van der Waals surface area (Å²) in [5, 5.41) is 12.3. The van der Waals surface area contributed by atoms with Crippen LogP contribution in [-0.2, 0) is 23.2 Å². The lowest BCUT2D eigenvalue weighted by Crippen LogP contribution is -2.40. The van der Waals surface area contributed by atoms with E-state index in [1.807, 2.05) is 30.2 Å². The van der Waals surface area contributed by atoms with Crippen LogP contribution in [0, 0.1) is 11.3 Å². The van der Waals surface area contributed by atoms with E-state index < -0.39 is 5.41 Å². The van der Waals surface area contributed by atoms with E-state index in [0.29, 0.717) is 61.3 Å². The van der Waals surface area contributed by atoms with Crippen molar-refractivity contribution in [3.63, 3.8) is 0 Å². The van der Waals surface area contributed by atoms with Crippen LogP contribution in [0.4, 0.5) is 0 Å². The number of fused-ring (bicyclic) bond motifs is 1. The van der Waals surface area contributed by atoms with Crippen molar-refractivity contribution in [1.29, 1.82) is 5.26 Å². The fraction of sp³-hybridized carbons (Fsp3) is 0.639. The zero-order valence-electron chi connectivity index (χ0n) is 28.8. The van der Waals surface area contributed by atoms with Crippen molar-refractivity contribution in [2.24, 2.45) is 0 Å². The highest BCUT2D eigenvalue weighted by atomic mass is 16.7. The first-order valence-corrected chi connectivity index (χ1v) is 16.4. The molecule has 0 bridgehead atoms. The monoisotopic (exact) mass is 626 g/mol. The van der Waals surface area contributed by atoms with Crippen LogP contribution in [0.1, 0.15) is 95.2 Å². The number of hydrogen-bond acceptors (Lipinski definition) is 9. The minimum Gasteiger partial charge on any atom is -0.493 e. The molecule has 2 atom stereocenters. The molecule has 0 fully saturated rings.